The van der Waals surface area contributed by atoms with E-state index in [1.165, 1.54) is 6.42 Å². The number of hydrogen-bond acceptors (Lipinski definition) is 5. The zero-order chi connectivity index (χ0) is 19.5. The van der Waals surface area contributed by atoms with Crippen LogP contribution in [0.25, 0.3) is 0 Å². The van der Waals surface area contributed by atoms with Crippen LogP contribution < -0.4 is 9.47 Å². The zero-order valence-corrected chi connectivity index (χ0v) is 16.6. The lowest BCUT2D eigenvalue weighted by molar-refractivity contribution is -0.136. The van der Waals surface area contributed by atoms with E-state index in [2.05, 4.69) is 11.8 Å². The standard InChI is InChI=1S/C21H29N3O4/c1-16-4-2-3-7-24(16)20(25)15-22-8-10-23(11-9-22)21(26)17-5-6-18-19(14-17)28-13-12-27-18/h5-6,14,16H,2-4,7-13,15H2,1H3. The first kappa shape index (κ1) is 19.1. The highest BCUT2D eigenvalue weighted by Crippen LogP contribution is 2.31. The predicted octanol–water partition coefficient (Wildman–Crippen LogP) is 1.62. The summed E-state index contributed by atoms with van der Waals surface area (Å²) in [5.41, 5.74) is 0.621. The molecule has 3 aliphatic rings. The largest absolute Gasteiger partial charge is 0.486 e. The molecule has 3 heterocycles. The van der Waals surface area contributed by atoms with Gasteiger partial charge in [-0.3, -0.25) is 14.5 Å². The average Bonchev–Trinajstić information content (AvgIpc) is 2.73. The van der Waals surface area contributed by atoms with Gasteiger partial charge in [-0.15, -0.1) is 0 Å². The van der Waals surface area contributed by atoms with Gasteiger partial charge in [0.25, 0.3) is 5.91 Å². The Balaban J connectivity index is 1.30. The summed E-state index contributed by atoms with van der Waals surface area (Å²) in [5.74, 6) is 1.56. The number of amides is 2. The van der Waals surface area contributed by atoms with Crippen molar-refractivity contribution in [3.05, 3.63) is 23.8 Å². The summed E-state index contributed by atoms with van der Waals surface area (Å²) in [6.07, 6.45) is 3.42. The molecule has 0 saturated carbocycles. The second-order valence-corrected chi connectivity index (χ2v) is 7.86. The number of nitrogens with zero attached hydrogens (tertiary/aromatic N) is 3. The fraction of sp³-hybridized carbons (Fsp3) is 0.619. The maximum atomic E-state index is 12.8. The number of benzene rings is 1. The Labute approximate surface area is 166 Å². The number of carbonyl (C=O) groups is 2. The first-order valence-corrected chi connectivity index (χ1v) is 10.3. The lowest BCUT2D eigenvalue weighted by Crippen LogP contribution is -2.53. The molecule has 152 valence electrons. The summed E-state index contributed by atoms with van der Waals surface area (Å²) in [4.78, 5) is 31.5. The molecule has 2 saturated heterocycles. The van der Waals surface area contributed by atoms with E-state index in [1.54, 1.807) is 18.2 Å². The smallest absolute Gasteiger partial charge is 0.254 e. The second-order valence-electron chi connectivity index (χ2n) is 7.86. The molecule has 28 heavy (non-hydrogen) atoms. The minimum absolute atomic E-state index is 0.00704. The van der Waals surface area contributed by atoms with E-state index in [0.717, 1.165) is 32.5 Å². The lowest BCUT2D eigenvalue weighted by Gasteiger charge is -2.38. The summed E-state index contributed by atoms with van der Waals surface area (Å²) in [7, 11) is 0. The molecule has 7 nitrogen and oxygen atoms in total. The molecule has 0 bridgehead atoms. The molecule has 0 aromatic heterocycles. The summed E-state index contributed by atoms with van der Waals surface area (Å²) >= 11 is 0. The van der Waals surface area contributed by atoms with Crippen molar-refractivity contribution >= 4 is 11.8 Å². The van der Waals surface area contributed by atoms with Crippen LogP contribution >= 0.6 is 0 Å². The highest BCUT2D eigenvalue weighted by Gasteiger charge is 2.28. The first-order valence-electron chi connectivity index (χ1n) is 10.3. The molecule has 1 atom stereocenters. The third-order valence-electron chi connectivity index (χ3n) is 5.93. The van der Waals surface area contributed by atoms with E-state index >= 15 is 0 Å². The zero-order valence-electron chi connectivity index (χ0n) is 16.6. The number of piperazine rings is 1. The minimum Gasteiger partial charge on any atom is -0.486 e. The van der Waals surface area contributed by atoms with E-state index < -0.39 is 0 Å². The van der Waals surface area contributed by atoms with Crippen LogP contribution in [0.4, 0.5) is 0 Å². The van der Waals surface area contributed by atoms with Gasteiger partial charge >= 0.3 is 0 Å². The molecule has 3 aliphatic heterocycles. The Kier molecular flexibility index (Phi) is 5.71. The third kappa shape index (κ3) is 4.09. The Bertz CT molecular complexity index is 730. The normalized spacial score (nSPS) is 22.8. The number of rotatable bonds is 3. The molecule has 0 N–H and O–H groups in total. The molecule has 1 unspecified atom stereocenters. The molecule has 1 aromatic carbocycles. The van der Waals surface area contributed by atoms with Gasteiger partial charge in [-0.05, 0) is 44.4 Å². The van der Waals surface area contributed by atoms with Crippen molar-refractivity contribution in [2.24, 2.45) is 0 Å². The molecule has 0 aliphatic carbocycles. The number of hydrogen-bond donors (Lipinski definition) is 0. The Morgan fingerprint density at radius 2 is 1.75 bits per heavy atom. The van der Waals surface area contributed by atoms with Crippen LogP contribution in [0.5, 0.6) is 11.5 Å². The van der Waals surface area contributed by atoms with Crippen LogP contribution in [0.15, 0.2) is 18.2 Å². The molecule has 0 spiro atoms. The summed E-state index contributed by atoms with van der Waals surface area (Å²) < 4.78 is 11.1. The van der Waals surface area contributed by atoms with Crippen LogP contribution in [-0.2, 0) is 4.79 Å². The van der Waals surface area contributed by atoms with Crippen LogP contribution in [0, 0.1) is 0 Å². The van der Waals surface area contributed by atoms with Gasteiger partial charge in [0.05, 0.1) is 6.54 Å². The number of fused-ring (bicyclic) bond motifs is 1. The van der Waals surface area contributed by atoms with E-state index in [-0.39, 0.29) is 11.8 Å². The lowest BCUT2D eigenvalue weighted by atomic mass is 10.0. The third-order valence-corrected chi connectivity index (χ3v) is 5.93. The highest BCUT2D eigenvalue weighted by atomic mass is 16.6. The number of piperidine rings is 1. The maximum Gasteiger partial charge on any atom is 0.254 e. The van der Waals surface area contributed by atoms with E-state index in [1.807, 2.05) is 9.80 Å². The summed E-state index contributed by atoms with van der Waals surface area (Å²) in [6.45, 7) is 7.24. The van der Waals surface area contributed by atoms with Crippen molar-refractivity contribution in [2.45, 2.75) is 32.2 Å². The fourth-order valence-electron chi connectivity index (χ4n) is 4.22. The Hall–Kier alpha value is -2.28. The van der Waals surface area contributed by atoms with E-state index in [4.69, 9.17) is 9.47 Å². The topological polar surface area (TPSA) is 62.3 Å². The Morgan fingerprint density at radius 1 is 1.00 bits per heavy atom. The van der Waals surface area contributed by atoms with Crippen molar-refractivity contribution in [1.82, 2.24) is 14.7 Å². The summed E-state index contributed by atoms with van der Waals surface area (Å²) in [6, 6.07) is 5.71. The summed E-state index contributed by atoms with van der Waals surface area (Å²) in [5, 5.41) is 0. The van der Waals surface area contributed by atoms with Crippen LogP contribution in [0.1, 0.15) is 36.5 Å². The van der Waals surface area contributed by atoms with Crippen molar-refractivity contribution in [3.8, 4) is 11.5 Å². The predicted molar refractivity (Wildman–Crippen MR) is 105 cm³/mol. The van der Waals surface area contributed by atoms with Crippen molar-refractivity contribution < 1.29 is 19.1 Å². The van der Waals surface area contributed by atoms with Crippen LogP contribution in [-0.4, -0.2) is 85.0 Å². The monoisotopic (exact) mass is 387 g/mol. The van der Waals surface area contributed by atoms with Crippen molar-refractivity contribution in [3.63, 3.8) is 0 Å². The highest BCUT2D eigenvalue weighted by molar-refractivity contribution is 5.95. The number of carbonyl (C=O) groups excluding carboxylic acids is 2. The van der Waals surface area contributed by atoms with Gasteiger partial charge in [-0.25, -0.2) is 0 Å². The minimum atomic E-state index is 0.00704. The SMILES string of the molecule is CC1CCCCN1C(=O)CN1CCN(C(=O)c2ccc3c(c2)OCCO3)CC1. The van der Waals surface area contributed by atoms with Gasteiger partial charge in [-0.1, -0.05) is 0 Å². The van der Waals surface area contributed by atoms with Crippen molar-refractivity contribution in [2.75, 3.05) is 52.5 Å². The van der Waals surface area contributed by atoms with Crippen LogP contribution in [0.3, 0.4) is 0 Å². The molecule has 2 amide bonds. The molecule has 1 aromatic rings. The van der Waals surface area contributed by atoms with E-state index in [0.29, 0.717) is 56.0 Å². The first-order chi connectivity index (χ1) is 13.6. The van der Waals surface area contributed by atoms with Gasteiger partial charge in [0.2, 0.25) is 5.91 Å². The fourth-order valence-corrected chi connectivity index (χ4v) is 4.22. The molecule has 7 heteroatoms. The van der Waals surface area contributed by atoms with E-state index in [9.17, 15) is 9.59 Å². The molecule has 4 rings (SSSR count). The number of ether oxygens (including phenoxy) is 2. The van der Waals surface area contributed by atoms with Gasteiger partial charge < -0.3 is 19.3 Å². The van der Waals surface area contributed by atoms with Gasteiger partial charge in [0, 0.05) is 44.3 Å². The van der Waals surface area contributed by atoms with Gasteiger partial charge in [-0.2, -0.15) is 0 Å². The van der Waals surface area contributed by atoms with Gasteiger partial charge in [0.15, 0.2) is 11.5 Å². The molecular weight excluding hydrogens is 358 g/mol. The van der Waals surface area contributed by atoms with Crippen molar-refractivity contribution in [1.29, 1.82) is 0 Å². The van der Waals surface area contributed by atoms with Crippen LogP contribution in [0.2, 0.25) is 0 Å². The average molecular weight is 387 g/mol. The Morgan fingerprint density at radius 3 is 2.50 bits per heavy atom. The second kappa shape index (κ2) is 8.39. The quantitative estimate of drug-likeness (QED) is 0.789. The molecule has 2 fully saturated rings. The molecule has 0 radical (unpaired) electrons. The van der Waals surface area contributed by atoms with Gasteiger partial charge in [0.1, 0.15) is 13.2 Å². The number of likely N-dealkylation sites (tertiary alicyclic amines) is 1. The maximum absolute atomic E-state index is 12.8. The molecular formula is C21H29N3O4.